The predicted octanol–water partition coefficient (Wildman–Crippen LogP) is 6.24. The fourth-order valence-electron chi connectivity index (χ4n) is 4.47. The number of rotatable bonds is 6. The van der Waals surface area contributed by atoms with Gasteiger partial charge in [-0.1, -0.05) is 46.8 Å². The number of methoxy groups -OCH3 is 1. The molecule has 0 saturated carbocycles. The van der Waals surface area contributed by atoms with Gasteiger partial charge in [0.1, 0.15) is 5.75 Å². The molecule has 0 aliphatic heterocycles. The minimum Gasteiger partial charge on any atom is -0.495 e. The molecule has 1 aromatic heterocycles. The molecule has 0 atom stereocenters. The number of sulfone groups is 1. The zero-order chi connectivity index (χ0) is 24.0. The van der Waals surface area contributed by atoms with Crippen LogP contribution in [-0.4, -0.2) is 26.3 Å². The lowest BCUT2D eigenvalue weighted by Gasteiger charge is -2.42. The number of benzene rings is 2. The van der Waals surface area contributed by atoms with E-state index in [1.54, 1.807) is 31.3 Å². The molecule has 6 nitrogen and oxygen atoms in total. The number of hydrogen-bond donors (Lipinski definition) is 1. The van der Waals surface area contributed by atoms with Crippen molar-refractivity contribution in [1.82, 2.24) is 4.98 Å². The van der Waals surface area contributed by atoms with Gasteiger partial charge in [0.05, 0.1) is 29.6 Å². The largest absolute Gasteiger partial charge is 0.495 e. The van der Waals surface area contributed by atoms with Gasteiger partial charge >= 0.3 is 0 Å². The van der Waals surface area contributed by atoms with E-state index in [1.165, 1.54) is 18.2 Å². The van der Waals surface area contributed by atoms with Gasteiger partial charge in [-0.15, -0.1) is 0 Å². The zero-order valence-corrected chi connectivity index (χ0v) is 21.0. The third kappa shape index (κ3) is 4.38. The zero-order valence-electron chi connectivity index (χ0n) is 20.2. The lowest BCUT2D eigenvalue weighted by molar-refractivity contribution is 0.332. The van der Waals surface area contributed by atoms with E-state index in [-0.39, 0.29) is 27.5 Å². The van der Waals surface area contributed by atoms with E-state index in [9.17, 15) is 8.42 Å². The van der Waals surface area contributed by atoms with E-state index in [2.05, 4.69) is 56.2 Å². The SMILES string of the molecule is CCS(=O)(=O)c1ccc(OC)c(Nc2ncc(-c3ccc4c(c3)C(C)(C)CCC4(C)C)o2)c1. The van der Waals surface area contributed by atoms with Gasteiger partial charge in [0.25, 0.3) is 6.01 Å². The normalized spacial score (nSPS) is 16.8. The summed E-state index contributed by atoms with van der Waals surface area (Å²) in [4.78, 5) is 4.59. The molecule has 4 rings (SSSR count). The minimum absolute atomic E-state index is 0.0212. The summed E-state index contributed by atoms with van der Waals surface area (Å²) in [5, 5.41) is 3.07. The molecule has 0 radical (unpaired) electrons. The molecule has 0 unspecified atom stereocenters. The maximum atomic E-state index is 12.3. The van der Waals surface area contributed by atoms with Crippen molar-refractivity contribution < 1.29 is 17.6 Å². The quantitative estimate of drug-likeness (QED) is 0.461. The maximum Gasteiger partial charge on any atom is 0.299 e. The number of anilines is 2. The Balaban J connectivity index is 1.67. The van der Waals surface area contributed by atoms with E-state index >= 15 is 0 Å². The van der Waals surface area contributed by atoms with Gasteiger partial charge in [-0.2, -0.15) is 0 Å². The van der Waals surface area contributed by atoms with Gasteiger partial charge in [-0.3, -0.25) is 0 Å². The first-order chi connectivity index (χ1) is 15.5. The van der Waals surface area contributed by atoms with Crippen LogP contribution in [0.25, 0.3) is 11.3 Å². The van der Waals surface area contributed by atoms with Crippen molar-refractivity contribution in [2.24, 2.45) is 0 Å². The van der Waals surface area contributed by atoms with Crippen LogP contribution in [0.3, 0.4) is 0 Å². The van der Waals surface area contributed by atoms with E-state index in [1.807, 2.05) is 0 Å². The van der Waals surface area contributed by atoms with Gasteiger partial charge < -0.3 is 14.5 Å². The van der Waals surface area contributed by atoms with Crippen molar-refractivity contribution >= 4 is 21.5 Å². The molecule has 1 aliphatic rings. The molecule has 3 aromatic rings. The summed E-state index contributed by atoms with van der Waals surface area (Å²) in [5.74, 6) is 1.17. The van der Waals surface area contributed by atoms with Crippen molar-refractivity contribution in [3.8, 4) is 17.1 Å². The standard InChI is InChI=1S/C26H32N2O4S/c1-7-33(29,30)18-9-11-22(31-6)21(15-18)28-24-27-16-23(32-24)17-8-10-19-20(14-17)26(4,5)13-12-25(19,2)3/h8-11,14-16H,7,12-13H2,1-6H3,(H,27,28). The average Bonchev–Trinajstić information content (AvgIpc) is 3.25. The summed E-state index contributed by atoms with van der Waals surface area (Å²) in [6.07, 6.45) is 3.98. The third-order valence-electron chi connectivity index (χ3n) is 6.79. The van der Waals surface area contributed by atoms with E-state index in [4.69, 9.17) is 9.15 Å². The van der Waals surface area contributed by atoms with Crippen molar-refractivity contribution in [2.75, 3.05) is 18.2 Å². The molecule has 0 amide bonds. The van der Waals surface area contributed by atoms with Crippen LogP contribution in [0.5, 0.6) is 5.75 Å². The fraction of sp³-hybridized carbons (Fsp3) is 0.423. The highest BCUT2D eigenvalue weighted by atomic mass is 32.2. The molecule has 0 saturated heterocycles. The number of oxazole rings is 1. The molecule has 0 fully saturated rings. The fourth-order valence-corrected chi connectivity index (χ4v) is 5.37. The second-order valence-corrected chi connectivity index (χ2v) is 12.2. The Bertz CT molecular complexity index is 1290. The monoisotopic (exact) mass is 468 g/mol. The van der Waals surface area contributed by atoms with Crippen LogP contribution in [0.15, 0.2) is 51.9 Å². The molecule has 33 heavy (non-hydrogen) atoms. The second kappa shape index (κ2) is 8.20. The Morgan fingerprint density at radius 2 is 1.73 bits per heavy atom. The maximum absolute atomic E-state index is 12.3. The summed E-state index contributed by atoms with van der Waals surface area (Å²) in [6, 6.07) is 11.5. The van der Waals surface area contributed by atoms with Crippen molar-refractivity contribution in [3.63, 3.8) is 0 Å². The molecule has 7 heteroatoms. The van der Waals surface area contributed by atoms with Crippen LogP contribution >= 0.6 is 0 Å². The summed E-state index contributed by atoms with van der Waals surface area (Å²) >= 11 is 0. The van der Waals surface area contributed by atoms with Crippen molar-refractivity contribution in [1.29, 1.82) is 0 Å². The lowest BCUT2D eigenvalue weighted by Crippen LogP contribution is -2.33. The van der Waals surface area contributed by atoms with Crippen LogP contribution in [0.4, 0.5) is 11.7 Å². The summed E-state index contributed by atoms with van der Waals surface area (Å²) in [6.45, 7) is 10.8. The van der Waals surface area contributed by atoms with Crippen LogP contribution in [0.1, 0.15) is 58.6 Å². The van der Waals surface area contributed by atoms with Crippen molar-refractivity contribution in [3.05, 3.63) is 53.7 Å². The summed E-state index contributed by atoms with van der Waals surface area (Å²) in [5.41, 5.74) is 4.43. The molecule has 0 spiro atoms. The molecular formula is C26H32N2O4S. The predicted molar refractivity (Wildman–Crippen MR) is 131 cm³/mol. The summed E-state index contributed by atoms with van der Waals surface area (Å²) in [7, 11) is -1.82. The molecule has 1 aliphatic carbocycles. The highest BCUT2D eigenvalue weighted by molar-refractivity contribution is 7.91. The molecule has 0 bridgehead atoms. The number of nitrogens with zero attached hydrogens (tertiary/aromatic N) is 1. The summed E-state index contributed by atoms with van der Waals surface area (Å²) < 4.78 is 36.0. The van der Waals surface area contributed by atoms with Crippen LogP contribution in [0.2, 0.25) is 0 Å². The number of fused-ring (bicyclic) bond motifs is 1. The average molecular weight is 469 g/mol. The van der Waals surface area contributed by atoms with E-state index < -0.39 is 9.84 Å². The van der Waals surface area contributed by atoms with Gasteiger partial charge in [0.15, 0.2) is 15.6 Å². The van der Waals surface area contributed by atoms with E-state index in [0.29, 0.717) is 17.2 Å². The van der Waals surface area contributed by atoms with Gasteiger partial charge in [0.2, 0.25) is 0 Å². The van der Waals surface area contributed by atoms with Crippen LogP contribution < -0.4 is 10.1 Å². The molecule has 176 valence electrons. The third-order valence-corrected chi connectivity index (χ3v) is 8.53. The van der Waals surface area contributed by atoms with Crippen LogP contribution in [-0.2, 0) is 20.7 Å². The molecule has 1 N–H and O–H groups in total. The smallest absolute Gasteiger partial charge is 0.299 e. The number of ether oxygens (including phenoxy) is 1. The Kier molecular flexibility index (Phi) is 5.81. The highest BCUT2D eigenvalue weighted by Crippen LogP contribution is 2.47. The van der Waals surface area contributed by atoms with Crippen LogP contribution in [0, 0.1) is 0 Å². The molecule has 1 heterocycles. The number of nitrogens with one attached hydrogen (secondary N) is 1. The second-order valence-electron chi connectivity index (χ2n) is 9.95. The van der Waals surface area contributed by atoms with Gasteiger partial charge in [-0.25, -0.2) is 13.4 Å². The van der Waals surface area contributed by atoms with Gasteiger partial charge in [0, 0.05) is 5.56 Å². The number of aromatic nitrogens is 1. The van der Waals surface area contributed by atoms with E-state index in [0.717, 1.165) is 18.4 Å². The number of hydrogen-bond acceptors (Lipinski definition) is 6. The first-order valence-electron chi connectivity index (χ1n) is 11.3. The first kappa shape index (κ1) is 23.4. The Morgan fingerprint density at radius 3 is 2.39 bits per heavy atom. The van der Waals surface area contributed by atoms with Crippen molar-refractivity contribution in [2.45, 2.75) is 63.2 Å². The molecular weight excluding hydrogens is 436 g/mol. The Morgan fingerprint density at radius 1 is 1.03 bits per heavy atom. The lowest BCUT2D eigenvalue weighted by atomic mass is 9.63. The molecule has 2 aromatic carbocycles. The topological polar surface area (TPSA) is 81.4 Å². The van der Waals surface area contributed by atoms with Gasteiger partial charge in [-0.05, 0) is 59.1 Å². The first-order valence-corrected chi connectivity index (χ1v) is 12.9. The Labute approximate surface area is 196 Å². The highest BCUT2D eigenvalue weighted by Gasteiger charge is 2.37. The minimum atomic E-state index is -3.35. The Hall–Kier alpha value is -2.80.